The van der Waals surface area contributed by atoms with Crippen LogP contribution in [0.4, 0.5) is 4.79 Å². The van der Waals surface area contributed by atoms with E-state index < -0.39 is 24.2 Å². The first-order chi connectivity index (χ1) is 6.60. The van der Waals surface area contributed by atoms with Gasteiger partial charge in [-0.15, -0.1) is 0 Å². The Bertz CT molecular complexity index is 244. The third kappa shape index (κ3) is 1.94. The maximum Gasteiger partial charge on any atom is 0.408 e. The molecule has 0 saturated carbocycles. The molecule has 0 aromatic heterocycles. The van der Waals surface area contributed by atoms with Crippen LogP contribution in [-0.2, 0) is 14.4 Å². The van der Waals surface area contributed by atoms with Gasteiger partial charge < -0.3 is 9.84 Å². The quantitative estimate of drug-likeness (QED) is 0.449. The molecule has 0 bridgehead atoms. The van der Waals surface area contributed by atoms with Crippen LogP contribution in [0.2, 0.25) is 0 Å². The van der Waals surface area contributed by atoms with Crippen molar-refractivity contribution in [2.24, 2.45) is 5.90 Å². The Balaban J connectivity index is 2.71. The minimum Gasteiger partial charge on any atom is -0.467 e. The average molecular weight is 204 g/mol. The van der Waals surface area contributed by atoms with Crippen LogP contribution in [0.1, 0.15) is 6.42 Å². The second-order valence-electron chi connectivity index (χ2n) is 2.97. The highest BCUT2D eigenvalue weighted by molar-refractivity contribution is 5.81. The predicted octanol–water partition coefficient (Wildman–Crippen LogP) is -0.829. The fourth-order valence-corrected chi connectivity index (χ4v) is 1.47. The lowest BCUT2D eigenvalue weighted by molar-refractivity contribution is -0.145. The minimum absolute atomic E-state index is 0.0889. The van der Waals surface area contributed by atoms with Crippen LogP contribution in [0.5, 0.6) is 0 Å². The van der Waals surface area contributed by atoms with Gasteiger partial charge in [0, 0.05) is 6.42 Å². The van der Waals surface area contributed by atoms with Gasteiger partial charge in [0.25, 0.3) is 0 Å². The summed E-state index contributed by atoms with van der Waals surface area (Å²) < 4.78 is 4.47. The molecule has 14 heavy (non-hydrogen) atoms. The van der Waals surface area contributed by atoms with Crippen molar-refractivity contribution in [2.75, 3.05) is 13.7 Å². The largest absolute Gasteiger partial charge is 0.467 e. The number of esters is 1. The van der Waals surface area contributed by atoms with E-state index in [4.69, 9.17) is 11.0 Å². The lowest BCUT2D eigenvalue weighted by atomic mass is 10.2. The second-order valence-corrected chi connectivity index (χ2v) is 2.97. The van der Waals surface area contributed by atoms with Crippen molar-refractivity contribution >= 4 is 12.1 Å². The van der Waals surface area contributed by atoms with Crippen LogP contribution >= 0.6 is 0 Å². The Morgan fingerprint density at radius 3 is 2.64 bits per heavy atom. The lowest BCUT2D eigenvalue weighted by Crippen LogP contribution is -2.40. The van der Waals surface area contributed by atoms with Gasteiger partial charge >= 0.3 is 12.1 Å². The predicted molar refractivity (Wildman–Crippen MR) is 44.2 cm³/mol. The fraction of sp³-hybridized carbons (Fsp3) is 0.714. The van der Waals surface area contributed by atoms with Crippen molar-refractivity contribution in [1.29, 1.82) is 0 Å². The van der Waals surface area contributed by atoms with E-state index in [0.29, 0.717) is 0 Å². The number of nitrogens with zero attached hydrogens (tertiary/aromatic N) is 1. The summed E-state index contributed by atoms with van der Waals surface area (Å²) in [5, 5.41) is 8.76. The smallest absolute Gasteiger partial charge is 0.408 e. The Hall–Kier alpha value is -1.34. The van der Waals surface area contributed by atoms with Crippen LogP contribution in [0.3, 0.4) is 0 Å². The van der Waals surface area contributed by atoms with E-state index in [1.54, 1.807) is 0 Å². The molecule has 2 atom stereocenters. The van der Waals surface area contributed by atoms with E-state index >= 15 is 0 Å². The molecular weight excluding hydrogens is 192 g/mol. The molecule has 7 heteroatoms. The molecule has 80 valence electrons. The van der Waals surface area contributed by atoms with Crippen molar-refractivity contribution < 1.29 is 24.3 Å². The molecule has 1 fully saturated rings. The summed E-state index contributed by atoms with van der Waals surface area (Å²) >= 11 is 0. The van der Waals surface area contributed by atoms with Gasteiger partial charge in [-0.3, -0.25) is 9.74 Å². The van der Waals surface area contributed by atoms with Gasteiger partial charge in [-0.1, -0.05) is 0 Å². The topological polar surface area (TPSA) is 102 Å². The Morgan fingerprint density at radius 1 is 1.57 bits per heavy atom. The molecule has 1 heterocycles. The van der Waals surface area contributed by atoms with Gasteiger partial charge in [0.1, 0.15) is 6.04 Å². The zero-order chi connectivity index (χ0) is 10.7. The summed E-state index contributed by atoms with van der Waals surface area (Å²) in [6, 6.07) is -0.814. The monoisotopic (exact) mass is 204 g/mol. The maximum absolute atomic E-state index is 11.2. The van der Waals surface area contributed by atoms with Crippen LogP contribution in [0.25, 0.3) is 0 Å². The van der Waals surface area contributed by atoms with E-state index in [0.717, 1.165) is 4.90 Å². The number of likely N-dealkylation sites (tertiary alicyclic amines) is 1. The Morgan fingerprint density at radius 2 is 2.21 bits per heavy atom. The number of carboxylic acid groups (broad SMARTS) is 1. The van der Waals surface area contributed by atoms with Crippen molar-refractivity contribution in [3.8, 4) is 0 Å². The molecule has 0 spiro atoms. The van der Waals surface area contributed by atoms with Crippen molar-refractivity contribution in [3.05, 3.63) is 0 Å². The number of methoxy groups -OCH3 is 1. The normalized spacial score (nSPS) is 26.3. The lowest BCUT2D eigenvalue weighted by Gasteiger charge is -2.18. The number of ether oxygens (including phenoxy) is 1. The molecule has 0 aromatic carbocycles. The van der Waals surface area contributed by atoms with Gasteiger partial charge in [-0.05, 0) is 0 Å². The summed E-state index contributed by atoms with van der Waals surface area (Å²) in [6.07, 6.45) is -1.40. The maximum atomic E-state index is 11.2. The first-order valence-corrected chi connectivity index (χ1v) is 4.03. The molecule has 0 aliphatic carbocycles. The molecule has 1 amide bonds. The molecule has 7 nitrogen and oxygen atoms in total. The molecule has 1 aliphatic heterocycles. The van der Waals surface area contributed by atoms with Crippen LogP contribution in [0.15, 0.2) is 0 Å². The van der Waals surface area contributed by atoms with Gasteiger partial charge in [0.2, 0.25) is 0 Å². The van der Waals surface area contributed by atoms with E-state index in [9.17, 15) is 9.59 Å². The van der Waals surface area contributed by atoms with Crippen LogP contribution in [0, 0.1) is 0 Å². The van der Waals surface area contributed by atoms with E-state index in [1.165, 1.54) is 7.11 Å². The van der Waals surface area contributed by atoms with E-state index in [2.05, 4.69) is 9.57 Å². The molecule has 1 rings (SSSR count). The van der Waals surface area contributed by atoms with Crippen LogP contribution in [-0.4, -0.2) is 47.9 Å². The number of rotatable bonds is 2. The summed E-state index contributed by atoms with van der Waals surface area (Å²) in [5.74, 6) is 4.34. The number of carbonyl (C=O) groups is 2. The highest BCUT2D eigenvalue weighted by atomic mass is 16.6. The SMILES string of the molecule is COC(=O)C1CC(ON)CN1C(=O)O. The standard InChI is InChI=1S/C7H12N2O5/c1-13-6(10)5-2-4(14-8)3-9(5)7(11)12/h4-5H,2-3,8H2,1H3,(H,11,12). The number of hydrogen-bond donors (Lipinski definition) is 2. The fourth-order valence-electron chi connectivity index (χ4n) is 1.47. The molecule has 1 aliphatic rings. The second kappa shape index (κ2) is 4.25. The van der Waals surface area contributed by atoms with Crippen molar-refractivity contribution in [2.45, 2.75) is 18.6 Å². The zero-order valence-electron chi connectivity index (χ0n) is 7.67. The summed E-state index contributed by atoms with van der Waals surface area (Å²) in [5.41, 5.74) is 0. The molecule has 0 radical (unpaired) electrons. The third-order valence-electron chi connectivity index (χ3n) is 2.17. The third-order valence-corrected chi connectivity index (χ3v) is 2.17. The van der Waals surface area contributed by atoms with E-state index in [1.807, 2.05) is 0 Å². The zero-order valence-corrected chi connectivity index (χ0v) is 7.67. The number of nitrogens with two attached hydrogens (primary N) is 1. The van der Waals surface area contributed by atoms with Gasteiger partial charge in [0.15, 0.2) is 0 Å². The van der Waals surface area contributed by atoms with E-state index in [-0.39, 0.29) is 13.0 Å². The number of hydrogen-bond acceptors (Lipinski definition) is 5. The number of carbonyl (C=O) groups excluding carboxylic acids is 1. The number of amides is 1. The summed E-state index contributed by atoms with van der Waals surface area (Å²) in [4.78, 5) is 27.3. The Labute approximate surface area is 80.3 Å². The molecule has 3 N–H and O–H groups in total. The molecule has 0 aromatic rings. The van der Waals surface area contributed by atoms with Gasteiger partial charge in [-0.25, -0.2) is 15.5 Å². The van der Waals surface area contributed by atoms with Gasteiger partial charge in [0.05, 0.1) is 19.8 Å². The van der Waals surface area contributed by atoms with Crippen LogP contribution < -0.4 is 5.90 Å². The van der Waals surface area contributed by atoms with Crippen molar-refractivity contribution in [3.63, 3.8) is 0 Å². The highest BCUT2D eigenvalue weighted by Gasteiger charge is 2.40. The molecular formula is C7H12N2O5. The summed E-state index contributed by atoms with van der Waals surface area (Å²) in [7, 11) is 1.21. The summed E-state index contributed by atoms with van der Waals surface area (Å²) in [6.45, 7) is 0.0889. The van der Waals surface area contributed by atoms with Gasteiger partial charge in [-0.2, -0.15) is 0 Å². The minimum atomic E-state index is -1.18. The first kappa shape index (κ1) is 10.7. The highest BCUT2D eigenvalue weighted by Crippen LogP contribution is 2.20. The Kier molecular flexibility index (Phi) is 3.26. The molecule has 1 saturated heterocycles. The van der Waals surface area contributed by atoms with Crippen molar-refractivity contribution in [1.82, 2.24) is 4.90 Å². The average Bonchev–Trinajstić information content (AvgIpc) is 2.60. The molecule has 2 unspecified atom stereocenters. The first-order valence-electron chi connectivity index (χ1n) is 4.03.